The fourth-order valence-corrected chi connectivity index (χ4v) is 3.73. The highest BCUT2D eigenvalue weighted by molar-refractivity contribution is 5.93. The molecule has 3 rings (SSSR count). The first-order chi connectivity index (χ1) is 13.0. The SMILES string of the molecule is COc1ccc(C)cc1NC(=O)C[NH+]1CC[NH+](Cc2ccccc2C)CC1. The van der Waals surface area contributed by atoms with E-state index in [0.29, 0.717) is 12.3 Å². The van der Waals surface area contributed by atoms with Crippen LogP contribution in [-0.4, -0.2) is 45.7 Å². The van der Waals surface area contributed by atoms with Crippen LogP contribution in [0.1, 0.15) is 16.7 Å². The van der Waals surface area contributed by atoms with Gasteiger partial charge in [0.05, 0.1) is 12.8 Å². The van der Waals surface area contributed by atoms with Gasteiger partial charge in [0.15, 0.2) is 6.54 Å². The minimum atomic E-state index is 0.0521. The van der Waals surface area contributed by atoms with Gasteiger partial charge in [0, 0.05) is 5.56 Å². The number of rotatable bonds is 6. The number of carbonyl (C=O) groups is 1. The van der Waals surface area contributed by atoms with Crippen LogP contribution in [0.15, 0.2) is 42.5 Å². The third kappa shape index (κ3) is 5.31. The second kappa shape index (κ2) is 9.02. The standard InChI is InChI=1S/C22H29N3O2/c1-17-8-9-21(27-3)20(14-17)23-22(26)16-25-12-10-24(11-13-25)15-19-7-5-4-6-18(19)2/h4-9,14H,10-13,15-16H2,1-3H3,(H,23,26)/p+2. The first kappa shape index (κ1) is 19.4. The Balaban J connectivity index is 1.48. The van der Waals surface area contributed by atoms with Gasteiger partial charge in [0.1, 0.15) is 38.5 Å². The molecule has 0 unspecified atom stereocenters. The molecule has 1 fully saturated rings. The van der Waals surface area contributed by atoms with E-state index in [1.165, 1.54) is 16.0 Å². The smallest absolute Gasteiger partial charge is 0.279 e. The number of methoxy groups -OCH3 is 1. The Bertz CT molecular complexity index is 783. The van der Waals surface area contributed by atoms with Crippen molar-refractivity contribution in [3.63, 3.8) is 0 Å². The van der Waals surface area contributed by atoms with Crippen LogP contribution in [-0.2, 0) is 11.3 Å². The van der Waals surface area contributed by atoms with Gasteiger partial charge in [-0.25, -0.2) is 0 Å². The molecule has 0 spiro atoms. The molecule has 0 radical (unpaired) electrons. The molecular formula is C22H31N3O2+2. The summed E-state index contributed by atoms with van der Waals surface area (Å²) in [6.07, 6.45) is 0. The number of quaternary nitrogens is 2. The van der Waals surface area contributed by atoms with Crippen molar-refractivity contribution in [1.82, 2.24) is 0 Å². The van der Waals surface area contributed by atoms with E-state index in [0.717, 1.165) is 44.0 Å². The van der Waals surface area contributed by atoms with Crippen LogP contribution in [0.5, 0.6) is 5.75 Å². The Morgan fingerprint density at radius 2 is 1.74 bits per heavy atom. The average Bonchev–Trinajstić information content (AvgIpc) is 2.65. The highest BCUT2D eigenvalue weighted by atomic mass is 16.5. The van der Waals surface area contributed by atoms with Crippen LogP contribution in [0.4, 0.5) is 5.69 Å². The van der Waals surface area contributed by atoms with Crippen molar-refractivity contribution in [3.8, 4) is 5.75 Å². The molecule has 0 bridgehead atoms. The van der Waals surface area contributed by atoms with Crippen LogP contribution < -0.4 is 19.9 Å². The second-order valence-electron chi connectivity index (χ2n) is 7.53. The van der Waals surface area contributed by atoms with Crippen molar-refractivity contribution in [3.05, 3.63) is 59.2 Å². The van der Waals surface area contributed by atoms with Gasteiger partial charge in [-0.15, -0.1) is 0 Å². The second-order valence-corrected chi connectivity index (χ2v) is 7.53. The molecule has 5 heteroatoms. The Morgan fingerprint density at radius 1 is 1.04 bits per heavy atom. The maximum atomic E-state index is 12.5. The zero-order chi connectivity index (χ0) is 19.2. The van der Waals surface area contributed by atoms with Gasteiger partial charge in [-0.05, 0) is 37.1 Å². The van der Waals surface area contributed by atoms with Crippen LogP contribution in [0.2, 0.25) is 0 Å². The summed E-state index contributed by atoms with van der Waals surface area (Å²) in [4.78, 5) is 15.4. The van der Waals surface area contributed by atoms with E-state index in [1.54, 1.807) is 12.0 Å². The molecule has 1 amide bonds. The molecule has 0 atom stereocenters. The van der Waals surface area contributed by atoms with E-state index in [4.69, 9.17) is 4.74 Å². The largest absolute Gasteiger partial charge is 0.495 e. The Labute approximate surface area is 161 Å². The van der Waals surface area contributed by atoms with Crippen LogP contribution >= 0.6 is 0 Å². The fourth-order valence-electron chi connectivity index (χ4n) is 3.73. The summed E-state index contributed by atoms with van der Waals surface area (Å²) in [6, 6.07) is 14.5. The van der Waals surface area contributed by atoms with Crippen molar-refractivity contribution < 1.29 is 19.3 Å². The quantitative estimate of drug-likeness (QED) is 0.683. The van der Waals surface area contributed by atoms with Crippen LogP contribution in [0.25, 0.3) is 0 Å². The number of piperazine rings is 1. The molecule has 144 valence electrons. The first-order valence-corrected chi connectivity index (χ1v) is 9.71. The van der Waals surface area contributed by atoms with E-state index < -0.39 is 0 Å². The minimum Gasteiger partial charge on any atom is -0.495 e. The molecule has 27 heavy (non-hydrogen) atoms. The van der Waals surface area contributed by atoms with E-state index in [9.17, 15) is 4.79 Å². The van der Waals surface area contributed by atoms with Crippen molar-refractivity contribution in [1.29, 1.82) is 0 Å². The van der Waals surface area contributed by atoms with Crippen molar-refractivity contribution in [2.24, 2.45) is 0 Å². The number of nitrogens with one attached hydrogen (secondary N) is 3. The highest BCUT2D eigenvalue weighted by Crippen LogP contribution is 2.24. The fraction of sp³-hybridized carbons (Fsp3) is 0.409. The molecular weight excluding hydrogens is 338 g/mol. The van der Waals surface area contributed by atoms with Gasteiger partial charge in [0.25, 0.3) is 5.91 Å². The third-order valence-electron chi connectivity index (χ3n) is 5.41. The summed E-state index contributed by atoms with van der Waals surface area (Å²) >= 11 is 0. The van der Waals surface area contributed by atoms with Gasteiger partial charge in [-0.1, -0.05) is 30.3 Å². The number of benzene rings is 2. The molecule has 1 saturated heterocycles. The van der Waals surface area contributed by atoms with Crippen molar-refractivity contribution in [2.75, 3.05) is 45.2 Å². The molecule has 0 aliphatic carbocycles. The Kier molecular flexibility index (Phi) is 6.48. The summed E-state index contributed by atoms with van der Waals surface area (Å²) in [5.74, 6) is 0.757. The lowest BCUT2D eigenvalue weighted by atomic mass is 10.1. The minimum absolute atomic E-state index is 0.0521. The van der Waals surface area contributed by atoms with Gasteiger partial charge >= 0.3 is 0 Å². The van der Waals surface area contributed by atoms with Gasteiger partial charge < -0.3 is 19.9 Å². The monoisotopic (exact) mass is 369 g/mol. The molecule has 3 N–H and O–H groups in total. The number of hydrogen-bond donors (Lipinski definition) is 3. The Hall–Kier alpha value is -2.37. The molecule has 1 aliphatic heterocycles. The molecule has 5 nitrogen and oxygen atoms in total. The van der Waals surface area contributed by atoms with Gasteiger partial charge in [0.2, 0.25) is 0 Å². The molecule has 0 saturated carbocycles. The zero-order valence-corrected chi connectivity index (χ0v) is 16.6. The lowest BCUT2D eigenvalue weighted by Gasteiger charge is -2.29. The maximum absolute atomic E-state index is 12.5. The lowest BCUT2D eigenvalue weighted by molar-refractivity contribution is -1.02. The highest BCUT2D eigenvalue weighted by Gasteiger charge is 2.25. The predicted octanol–water partition coefficient (Wildman–Crippen LogP) is 0.234. The number of amides is 1. The topological polar surface area (TPSA) is 47.2 Å². The molecule has 1 heterocycles. The Morgan fingerprint density at radius 3 is 2.44 bits per heavy atom. The third-order valence-corrected chi connectivity index (χ3v) is 5.41. The summed E-state index contributed by atoms with van der Waals surface area (Å²) < 4.78 is 5.35. The van der Waals surface area contributed by atoms with Crippen molar-refractivity contribution in [2.45, 2.75) is 20.4 Å². The molecule has 2 aromatic carbocycles. The average molecular weight is 370 g/mol. The van der Waals surface area contributed by atoms with Gasteiger partial charge in [-0.2, -0.15) is 0 Å². The van der Waals surface area contributed by atoms with E-state index in [2.05, 4.69) is 36.5 Å². The molecule has 1 aliphatic rings. The van der Waals surface area contributed by atoms with E-state index in [1.807, 2.05) is 25.1 Å². The molecule has 0 aromatic heterocycles. The predicted molar refractivity (Wildman–Crippen MR) is 108 cm³/mol. The van der Waals surface area contributed by atoms with E-state index in [-0.39, 0.29) is 5.91 Å². The zero-order valence-electron chi connectivity index (χ0n) is 16.6. The summed E-state index contributed by atoms with van der Waals surface area (Å²) in [6.45, 7) is 10.0. The summed E-state index contributed by atoms with van der Waals surface area (Å²) in [5, 5.41) is 3.02. The normalized spacial score (nSPS) is 19.5. The maximum Gasteiger partial charge on any atom is 0.279 e. The van der Waals surface area contributed by atoms with Crippen LogP contribution in [0, 0.1) is 13.8 Å². The number of aryl methyl sites for hydroxylation is 2. The lowest BCUT2D eigenvalue weighted by Crippen LogP contribution is -3.28. The summed E-state index contributed by atoms with van der Waals surface area (Å²) in [5.41, 5.74) is 4.66. The number of anilines is 1. The van der Waals surface area contributed by atoms with Crippen LogP contribution in [0.3, 0.4) is 0 Å². The first-order valence-electron chi connectivity index (χ1n) is 9.71. The number of carbonyl (C=O) groups excluding carboxylic acids is 1. The van der Waals surface area contributed by atoms with E-state index >= 15 is 0 Å². The number of ether oxygens (including phenoxy) is 1. The summed E-state index contributed by atoms with van der Waals surface area (Å²) in [7, 11) is 1.63. The molecule has 2 aromatic rings. The van der Waals surface area contributed by atoms with Crippen molar-refractivity contribution >= 4 is 11.6 Å². The number of hydrogen-bond acceptors (Lipinski definition) is 2. The van der Waals surface area contributed by atoms with Gasteiger partial charge in [-0.3, -0.25) is 4.79 Å².